The summed E-state index contributed by atoms with van der Waals surface area (Å²) in [6.45, 7) is 6.52. The molecule has 1 atom stereocenters. The molecular weight excluding hydrogens is 254 g/mol. The minimum atomic E-state index is 0.449. The maximum atomic E-state index is 5.93. The van der Waals surface area contributed by atoms with Crippen molar-refractivity contribution >= 4 is 15.9 Å². The summed E-state index contributed by atoms with van der Waals surface area (Å²) in [5, 5.41) is 3.42. The van der Waals surface area contributed by atoms with Crippen LogP contribution in [0.3, 0.4) is 0 Å². The molecule has 1 aliphatic rings. The van der Waals surface area contributed by atoms with Crippen molar-refractivity contribution in [1.29, 1.82) is 0 Å². The van der Waals surface area contributed by atoms with Gasteiger partial charge in [0.2, 0.25) is 0 Å². The van der Waals surface area contributed by atoms with Crippen molar-refractivity contribution in [2.24, 2.45) is 0 Å². The quantitative estimate of drug-likeness (QED) is 0.889. The molecule has 0 radical (unpaired) electrons. The molecule has 1 aliphatic heterocycles. The van der Waals surface area contributed by atoms with Crippen molar-refractivity contribution in [1.82, 2.24) is 5.32 Å². The Balaban J connectivity index is 2.17. The molecule has 15 heavy (non-hydrogen) atoms. The van der Waals surface area contributed by atoms with Crippen LogP contribution < -0.4 is 5.32 Å². The van der Waals surface area contributed by atoms with Crippen LogP contribution in [-0.2, 0) is 0 Å². The largest absolute Gasteiger partial charge is 0.464 e. The zero-order valence-corrected chi connectivity index (χ0v) is 10.9. The first-order valence-electron chi connectivity index (χ1n) is 5.68. The molecule has 1 aromatic heterocycles. The third-order valence-electron chi connectivity index (χ3n) is 2.96. The second-order valence-electron chi connectivity index (χ2n) is 4.56. The summed E-state index contributed by atoms with van der Waals surface area (Å²) >= 11 is 3.57. The maximum Gasteiger partial charge on any atom is 0.120 e. The average molecular weight is 272 g/mol. The molecule has 84 valence electrons. The highest BCUT2D eigenvalue weighted by molar-refractivity contribution is 9.10. The van der Waals surface area contributed by atoms with E-state index in [-0.39, 0.29) is 0 Å². The van der Waals surface area contributed by atoms with E-state index in [1.165, 1.54) is 12.8 Å². The van der Waals surface area contributed by atoms with Crippen LogP contribution >= 0.6 is 15.9 Å². The molecule has 2 nitrogen and oxygen atoms in total. The van der Waals surface area contributed by atoms with Gasteiger partial charge in [0.15, 0.2) is 0 Å². The minimum absolute atomic E-state index is 0.449. The summed E-state index contributed by atoms with van der Waals surface area (Å²) in [5.74, 6) is 3.22. The van der Waals surface area contributed by atoms with Crippen molar-refractivity contribution < 1.29 is 4.42 Å². The lowest BCUT2D eigenvalue weighted by molar-refractivity contribution is 0.367. The number of nitrogens with one attached hydrogen (secondary N) is 1. The second kappa shape index (κ2) is 4.71. The summed E-state index contributed by atoms with van der Waals surface area (Å²) in [7, 11) is 0. The predicted octanol–water partition coefficient (Wildman–Crippen LogP) is 3.63. The fourth-order valence-electron chi connectivity index (χ4n) is 2.09. The molecule has 1 fully saturated rings. The lowest BCUT2D eigenvalue weighted by Gasteiger charge is -2.20. The van der Waals surface area contributed by atoms with E-state index in [0.29, 0.717) is 11.8 Å². The van der Waals surface area contributed by atoms with Crippen LogP contribution in [0.25, 0.3) is 0 Å². The summed E-state index contributed by atoms with van der Waals surface area (Å²) in [4.78, 5) is 0. The van der Waals surface area contributed by atoms with E-state index in [2.05, 4.69) is 41.2 Å². The third kappa shape index (κ3) is 2.45. The number of hydrogen-bond donors (Lipinski definition) is 1. The van der Waals surface area contributed by atoms with E-state index in [1.54, 1.807) is 0 Å². The van der Waals surface area contributed by atoms with Gasteiger partial charge in [0, 0.05) is 18.4 Å². The second-order valence-corrected chi connectivity index (χ2v) is 5.41. The maximum absolute atomic E-state index is 5.93. The van der Waals surface area contributed by atoms with E-state index < -0.39 is 0 Å². The highest BCUT2D eigenvalue weighted by atomic mass is 79.9. The lowest BCUT2D eigenvalue weighted by Crippen LogP contribution is -2.28. The Morgan fingerprint density at radius 1 is 1.53 bits per heavy atom. The molecule has 0 aliphatic carbocycles. The van der Waals surface area contributed by atoms with Crippen molar-refractivity contribution in [3.63, 3.8) is 0 Å². The van der Waals surface area contributed by atoms with Gasteiger partial charge in [-0.1, -0.05) is 13.8 Å². The van der Waals surface area contributed by atoms with Crippen LogP contribution in [0.1, 0.15) is 50.0 Å². The molecule has 1 saturated heterocycles. The number of piperidine rings is 1. The molecule has 0 saturated carbocycles. The molecule has 0 amide bonds. The van der Waals surface area contributed by atoms with Crippen molar-refractivity contribution in [2.45, 2.75) is 38.5 Å². The van der Waals surface area contributed by atoms with Gasteiger partial charge in [-0.3, -0.25) is 0 Å². The van der Waals surface area contributed by atoms with Crippen molar-refractivity contribution in [3.05, 3.63) is 22.1 Å². The standard InChI is InChI=1S/C12H18BrNO/c1-8(2)12-10(13)6-11(15-12)9-4-3-5-14-7-9/h6,8-9,14H,3-5,7H2,1-2H3. The monoisotopic (exact) mass is 271 g/mol. The van der Waals surface area contributed by atoms with Gasteiger partial charge >= 0.3 is 0 Å². The Morgan fingerprint density at radius 3 is 2.87 bits per heavy atom. The van der Waals surface area contributed by atoms with Gasteiger partial charge in [0.25, 0.3) is 0 Å². The molecule has 2 heterocycles. The lowest BCUT2D eigenvalue weighted by atomic mass is 9.97. The third-order valence-corrected chi connectivity index (χ3v) is 3.58. The minimum Gasteiger partial charge on any atom is -0.464 e. The Kier molecular flexibility index (Phi) is 3.52. The average Bonchev–Trinajstić information content (AvgIpc) is 2.62. The topological polar surface area (TPSA) is 25.2 Å². The van der Waals surface area contributed by atoms with E-state index in [4.69, 9.17) is 4.42 Å². The van der Waals surface area contributed by atoms with Gasteiger partial charge in [-0.05, 0) is 41.4 Å². The van der Waals surface area contributed by atoms with E-state index in [1.807, 2.05) is 0 Å². The smallest absolute Gasteiger partial charge is 0.120 e. The van der Waals surface area contributed by atoms with Gasteiger partial charge in [0.05, 0.1) is 4.47 Å². The van der Waals surface area contributed by atoms with Crippen LogP contribution in [0.15, 0.2) is 15.0 Å². The zero-order chi connectivity index (χ0) is 10.8. The van der Waals surface area contributed by atoms with Crippen LogP contribution in [0.4, 0.5) is 0 Å². The molecular formula is C12H18BrNO. The summed E-state index contributed by atoms with van der Waals surface area (Å²) in [5.41, 5.74) is 0. The Hall–Kier alpha value is -0.280. The van der Waals surface area contributed by atoms with Gasteiger partial charge in [-0.25, -0.2) is 0 Å². The van der Waals surface area contributed by atoms with Gasteiger partial charge in [-0.15, -0.1) is 0 Å². The summed E-state index contributed by atoms with van der Waals surface area (Å²) < 4.78 is 7.05. The first-order valence-corrected chi connectivity index (χ1v) is 6.47. The van der Waals surface area contributed by atoms with Gasteiger partial charge < -0.3 is 9.73 Å². The van der Waals surface area contributed by atoms with Crippen LogP contribution in [0, 0.1) is 0 Å². The molecule has 1 N–H and O–H groups in total. The molecule has 1 unspecified atom stereocenters. The SMILES string of the molecule is CC(C)c1oc(C2CCCNC2)cc1Br. The van der Waals surface area contributed by atoms with Crippen LogP contribution in [-0.4, -0.2) is 13.1 Å². The summed E-state index contributed by atoms with van der Waals surface area (Å²) in [6, 6.07) is 2.15. The number of rotatable bonds is 2. The molecule has 0 bridgehead atoms. The molecule has 0 aromatic carbocycles. The zero-order valence-electron chi connectivity index (χ0n) is 9.35. The first kappa shape index (κ1) is 11.2. The van der Waals surface area contributed by atoms with Crippen LogP contribution in [0.2, 0.25) is 0 Å². The molecule has 1 aromatic rings. The fraction of sp³-hybridized carbons (Fsp3) is 0.667. The highest BCUT2D eigenvalue weighted by Gasteiger charge is 2.21. The molecule has 2 rings (SSSR count). The number of furan rings is 1. The summed E-state index contributed by atoms with van der Waals surface area (Å²) in [6.07, 6.45) is 2.49. The van der Waals surface area contributed by atoms with Crippen LogP contribution in [0.5, 0.6) is 0 Å². The molecule has 0 spiro atoms. The number of halogens is 1. The first-order chi connectivity index (χ1) is 7.18. The van der Waals surface area contributed by atoms with Gasteiger partial charge in [-0.2, -0.15) is 0 Å². The number of hydrogen-bond acceptors (Lipinski definition) is 2. The van der Waals surface area contributed by atoms with Crippen molar-refractivity contribution in [2.75, 3.05) is 13.1 Å². The van der Waals surface area contributed by atoms with Gasteiger partial charge in [0.1, 0.15) is 11.5 Å². The van der Waals surface area contributed by atoms with Crippen molar-refractivity contribution in [3.8, 4) is 0 Å². The van der Waals surface area contributed by atoms with E-state index >= 15 is 0 Å². The molecule has 3 heteroatoms. The Morgan fingerprint density at radius 2 is 2.33 bits per heavy atom. The predicted molar refractivity (Wildman–Crippen MR) is 65.3 cm³/mol. The van der Waals surface area contributed by atoms with E-state index in [9.17, 15) is 0 Å². The highest BCUT2D eigenvalue weighted by Crippen LogP contribution is 2.33. The Labute approximate surface area is 99.6 Å². The normalized spacial score (nSPS) is 22.3. The fourth-order valence-corrected chi connectivity index (χ4v) is 2.86. The Bertz CT molecular complexity index is 326. The van der Waals surface area contributed by atoms with E-state index in [0.717, 1.165) is 29.1 Å².